The number of benzene rings is 2. The molecule has 0 N–H and O–H groups in total. The molecule has 0 bridgehead atoms. The van der Waals surface area contributed by atoms with Crippen LogP contribution in [0.5, 0.6) is 11.5 Å². The molecule has 1 saturated heterocycles. The van der Waals surface area contributed by atoms with Crippen LogP contribution in [0.1, 0.15) is 54.0 Å². The van der Waals surface area contributed by atoms with E-state index < -0.39 is 0 Å². The topological polar surface area (TPSA) is 54.4 Å². The first-order chi connectivity index (χ1) is 15.5. The SMILES string of the molecule is COc1ccc(C2=NN(C(=O)CN3CCCCC3)C(c3ccc(C)cc3C)C2)c(OC)c1. The molecule has 1 fully saturated rings. The summed E-state index contributed by atoms with van der Waals surface area (Å²) in [5, 5.41) is 6.58. The van der Waals surface area contributed by atoms with Gasteiger partial charge in [-0.15, -0.1) is 0 Å². The van der Waals surface area contributed by atoms with E-state index in [0.717, 1.165) is 48.5 Å². The van der Waals surface area contributed by atoms with Crippen molar-refractivity contribution >= 4 is 11.6 Å². The summed E-state index contributed by atoms with van der Waals surface area (Å²) >= 11 is 0. The lowest BCUT2D eigenvalue weighted by atomic mass is 9.94. The summed E-state index contributed by atoms with van der Waals surface area (Å²) in [4.78, 5) is 15.7. The number of ether oxygens (including phenoxy) is 2. The Bertz CT molecular complexity index is 1010. The van der Waals surface area contributed by atoms with Gasteiger partial charge in [0.25, 0.3) is 5.91 Å². The fourth-order valence-corrected chi connectivity index (χ4v) is 4.76. The summed E-state index contributed by atoms with van der Waals surface area (Å²) in [7, 11) is 3.29. The first-order valence-corrected chi connectivity index (χ1v) is 11.4. The minimum atomic E-state index is -0.116. The number of hydrogen-bond acceptors (Lipinski definition) is 5. The third-order valence-corrected chi connectivity index (χ3v) is 6.48. The number of amides is 1. The largest absolute Gasteiger partial charge is 0.497 e. The molecule has 32 heavy (non-hydrogen) atoms. The molecule has 0 saturated carbocycles. The second-order valence-electron chi connectivity index (χ2n) is 8.77. The Morgan fingerprint density at radius 3 is 2.50 bits per heavy atom. The van der Waals surface area contributed by atoms with Crippen molar-refractivity contribution in [2.24, 2.45) is 5.10 Å². The van der Waals surface area contributed by atoms with Gasteiger partial charge in [0.05, 0.1) is 32.5 Å². The van der Waals surface area contributed by atoms with Gasteiger partial charge >= 0.3 is 0 Å². The smallest absolute Gasteiger partial charge is 0.257 e. The molecule has 0 spiro atoms. The van der Waals surface area contributed by atoms with Crippen LogP contribution >= 0.6 is 0 Å². The predicted octanol–water partition coefficient (Wildman–Crippen LogP) is 4.48. The molecule has 2 aliphatic rings. The van der Waals surface area contributed by atoms with Gasteiger partial charge in [0.15, 0.2) is 0 Å². The molecule has 1 atom stereocenters. The van der Waals surface area contributed by atoms with E-state index in [1.807, 2.05) is 18.2 Å². The van der Waals surface area contributed by atoms with Crippen molar-refractivity contribution in [3.63, 3.8) is 0 Å². The zero-order valence-electron chi connectivity index (χ0n) is 19.6. The fraction of sp³-hybridized carbons (Fsp3) is 0.462. The normalized spacial score (nSPS) is 19.1. The number of aryl methyl sites for hydroxylation is 2. The van der Waals surface area contributed by atoms with Crippen LogP contribution in [0, 0.1) is 13.8 Å². The Labute approximate surface area is 190 Å². The number of hydrazone groups is 1. The van der Waals surface area contributed by atoms with E-state index >= 15 is 0 Å². The van der Waals surface area contributed by atoms with Gasteiger partial charge in [-0.05, 0) is 63.0 Å². The van der Waals surface area contributed by atoms with Crippen LogP contribution in [0.15, 0.2) is 41.5 Å². The monoisotopic (exact) mass is 435 g/mol. The first kappa shape index (κ1) is 22.3. The van der Waals surface area contributed by atoms with Crippen molar-refractivity contribution in [2.45, 2.75) is 45.6 Å². The van der Waals surface area contributed by atoms with Crippen LogP contribution in [0.3, 0.4) is 0 Å². The summed E-state index contributed by atoms with van der Waals surface area (Å²) in [6.45, 7) is 6.59. The van der Waals surface area contributed by atoms with Crippen LogP contribution in [-0.2, 0) is 4.79 Å². The number of nitrogens with zero attached hydrogens (tertiary/aromatic N) is 3. The lowest BCUT2D eigenvalue weighted by molar-refractivity contribution is -0.134. The molecule has 0 aliphatic carbocycles. The Balaban J connectivity index is 1.68. The van der Waals surface area contributed by atoms with Gasteiger partial charge in [0.2, 0.25) is 0 Å². The van der Waals surface area contributed by atoms with E-state index in [0.29, 0.717) is 18.7 Å². The fourth-order valence-electron chi connectivity index (χ4n) is 4.76. The number of carbonyl (C=O) groups excluding carboxylic acids is 1. The summed E-state index contributed by atoms with van der Waals surface area (Å²) in [6.07, 6.45) is 4.22. The number of piperidine rings is 1. The summed E-state index contributed by atoms with van der Waals surface area (Å²) in [5.41, 5.74) is 5.31. The van der Waals surface area contributed by atoms with E-state index in [2.05, 4.69) is 36.9 Å². The van der Waals surface area contributed by atoms with Gasteiger partial charge < -0.3 is 9.47 Å². The maximum absolute atomic E-state index is 13.4. The third kappa shape index (κ3) is 4.65. The van der Waals surface area contributed by atoms with Crippen LogP contribution < -0.4 is 9.47 Å². The molecule has 1 amide bonds. The van der Waals surface area contributed by atoms with Crippen molar-refractivity contribution in [3.8, 4) is 11.5 Å². The number of carbonyl (C=O) groups is 1. The summed E-state index contributed by atoms with van der Waals surface area (Å²) < 4.78 is 11.0. The highest BCUT2D eigenvalue weighted by atomic mass is 16.5. The first-order valence-electron chi connectivity index (χ1n) is 11.4. The Morgan fingerprint density at radius 1 is 1.03 bits per heavy atom. The minimum Gasteiger partial charge on any atom is -0.497 e. The maximum Gasteiger partial charge on any atom is 0.257 e. The van der Waals surface area contributed by atoms with Gasteiger partial charge in [-0.3, -0.25) is 9.69 Å². The van der Waals surface area contributed by atoms with Gasteiger partial charge in [0, 0.05) is 18.1 Å². The Kier molecular flexibility index (Phi) is 6.80. The standard InChI is InChI=1S/C26H33N3O3/c1-18-8-10-21(19(2)14-18)24-16-23(22-11-9-20(31-3)15-25(22)32-4)27-29(24)26(30)17-28-12-6-5-7-13-28/h8-11,14-15,24H,5-7,12-13,16-17H2,1-4H3. The van der Waals surface area contributed by atoms with Crippen molar-refractivity contribution < 1.29 is 14.3 Å². The highest BCUT2D eigenvalue weighted by molar-refractivity contribution is 6.05. The Hall–Kier alpha value is -2.86. The molecular weight excluding hydrogens is 402 g/mol. The number of likely N-dealkylation sites (tertiary alicyclic amines) is 1. The number of hydrogen-bond donors (Lipinski definition) is 0. The average molecular weight is 436 g/mol. The molecular formula is C26H33N3O3. The second-order valence-corrected chi connectivity index (χ2v) is 8.77. The molecule has 2 aromatic rings. The zero-order valence-corrected chi connectivity index (χ0v) is 19.6. The molecule has 6 heteroatoms. The van der Waals surface area contributed by atoms with Crippen LogP contribution in [-0.4, -0.2) is 55.4 Å². The van der Waals surface area contributed by atoms with Gasteiger partial charge in [-0.2, -0.15) is 5.10 Å². The molecule has 2 aromatic carbocycles. The van der Waals surface area contributed by atoms with Gasteiger partial charge in [-0.25, -0.2) is 5.01 Å². The van der Waals surface area contributed by atoms with Crippen molar-refractivity contribution in [1.29, 1.82) is 0 Å². The molecule has 1 unspecified atom stereocenters. The van der Waals surface area contributed by atoms with Crippen LogP contribution in [0.2, 0.25) is 0 Å². The highest BCUT2D eigenvalue weighted by Crippen LogP contribution is 2.37. The Morgan fingerprint density at radius 2 is 1.81 bits per heavy atom. The number of rotatable bonds is 6. The predicted molar refractivity (Wildman–Crippen MR) is 126 cm³/mol. The minimum absolute atomic E-state index is 0.0550. The maximum atomic E-state index is 13.4. The quantitative estimate of drug-likeness (QED) is 0.671. The lowest BCUT2D eigenvalue weighted by Crippen LogP contribution is -2.40. The molecule has 4 rings (SSSR count). The van der Waals surface area contributed by atoms with E-state index in [-0.39, 0.29) is 11.9 Å². The van der Waals surface area contributed by atoms with Crippen LogP contribution in [0.4, 0.5) is 0 Å². The van der Waals surface area contributed by atoms with Crippen molar-refractivity contribution in [3.05, 3.63) is 58.7 Å². The molecule has 2 heterocycles. The molecule has 6 nitrogen and oxygen atoms in total. The third-order valence-electron chi connectivity index (χ3n) is 6.48. The lowest BCUT2D eigenvalue weighted by Gasteiger charge is -2.29. The zero-order chi connectivity index (χ0) is 22.7. The molecule has 0 radical (unpaired) electrons. The average Bonchev–Trinajstić information content (AvgIpc) is 3.24. The van der Waals surface area contributed by atoms with Crippen molar-refractivity contribution in [1.82, 2.24) is 9.91 Å². The van der Waals surface area contributed by atoms with E-state index in [9.17, 15) is 4.79 Å². The van der Waals surface area contributed by atoms with E-state index in [1.165, 1.54) is 17.5 Å². The number of methoxy groups -OCH3 is 2. The van der Waals surface area contributed by atoms with Crippen molar-refractivity contribution in [2.75, 3.05) is 33.9 Å². The van der Waals surface area contributed by atoms with E-state index in [4.69, 9.17) is 14.6 Å². The molecule has 170 valence electrons. The van der Waals surface area contributed by atoms with Gasteiger partial charge in [-0.1, -0.05) is 30.2 Å². The molecule has 0 aromatic heterocycles. The second kappa shape index (κ2) is 9.74. The summed E-state index contributed by atoms with van der Waals surface area (Å²) in [5.74, 6) is 1.49. The van der Waals surface area contributed by atoms with Gasteiger partial charge in [0.1, 0.15) is 11.5 Å². The summed E-state index contributed by atoms with van der Waals surface area (Å²) in [6, 6.07) is 12.0. The van der Waals surface area contributed by atoms with Crippen LogP contribution in [0.25, 0.3) is 0 Å². The highest BCUT2D eigenvalue weighted by Gasteiger charge is 2.35. The molecule has 2 aliphatic heterocycles. The van der Waals surface area contributed by atoms with E-state index in [1.54, 1.807) is 19.2 Å².